The number of nitrogens with zero attached hydrogens (tertiary/aromatic N) is 1. The zero-order valence-corrected chi connectivity index (χ0v) is 16.8. The largest absolute Gasteiger partial charge is 0.478 e. The lowest BCUT2D eigenvalue weighted by atomic mass is 10.0. The van der Waals surface area contributed by atoms with E-state index < -0.39 is 29.4 Å². The lowest BCUT2D eigenvalue weighted by molar-refractivity contribution is -0.147. The van der Waals surface area contributed by atoms with E-state index in [1.807, 2.05) is 0 Å². The molecule has 3 rings (SSSR count). The van der Waals surface area contributed by atoms with Crippen LogP contribution in [0.25, 0.3) is 0 Å². The van der Waals surface area contributed by atoms with Crippen molar-refractivity contribution in [1.29, 1.82) is 0 Å². The van der Waals surface area contributed by atoms with Crippen LogP contribution in [-0.4, -0.2) is 46.2 Å². The number of aromatic carboxylic acids is 2. The quantitative estimate of drug-likeness (QED) is 0.578. The van der Waals surface area contributed by atoms with Crippen LogP contribution in [-0.2, 0) is 14.3 Å². The van der Waals surface area contributed by atoms with E-state index >= 15 is 0 Å². The van der Waals surface area contributed by atoms with Gasteiger partial charge >= 0.3 is 17.9 Å². The summed E-state index contributed by atoms with van der Waals surface area (Å²) in [5.74, 6) is -3.60. The van der Waals surface area contributed by atoms with Crippen molar-refractivity contribution in [3.8, 4) is 0 Å². The van der Waals surface area contributed by atoms with E-state index in [1.54, 1.807) is 13.0 Å². The first-order chi connectivity index (χ1) is 14.7. The van der Waals surface area contributed by atoms with Crippen LogP contribution in [0, 0.1) is 0 Å². The number of carboxylic acids is 2. The molecule has 1 aliphatic rings. The second kappa shape index (κ2) is 8.31. The van der Waals surface area contributed by atoms with Crippen LogP contribution >= 0.6 is 0 Å². The van der Waals surface area contributed by atoms with Gasteiger partial charge in [0.25, 0.3) is 5.91 Å². The SMILES string of the molecule is CCOC(=O)C1(C)C=C(Nc2cccc(C(=O)O)c2)C(=O)N1c1cccc(C(=O)O)c1. The van der Waals surface area contributed by atoms with Crippen molar-refractivity contribution in [2.45, 2.75) is 19.4 Å². The van der Waals surface area contributed by atoms with E-state index in [-0.39, 0.29) is 29.1 Å². The van der Waals surface area contributed by atoms with Gasteiger partial charge in [-0.25, -0.2) is 14.4 Å². The molecule has 1 heterocycles. The molecular weight excluding hydrogens is 404 g/mol. The molecule has 2 aromatic rings. The fraction of sp³-hybridized carbons (Fsp3) is 0.182. The van der Waals surface area contributed by atoms with Gasteiger partial charge in [0, 0.05) is 11.4 Å². The minimum absolute atomic E-state index is 0.0233. The van der Waals surface area contributed by atoms with Gasteiger partial charge < -0.3 is 20.3 Å². The maximum atomic E-state index is 13.3. The molecule has 1 aliphatic heterocycles. The molecule has 0 aliphatic carbocycles. The fourth-order valence-corrected chi connectivity index (χ4v) is 3.30. The van der Waals surface area contributed by atoms with Gasteiger partial charge in [-0.2, -0.15) is 0 Å². The number of carboxylic acid groups (broad SMARTS) is 2. The van der Waals surface area contributed by atoms with Crippen LogP contribution in [0.2, 0.25) is 0 Å². The normalized spacial score (nSPS) is 17.8. The van der Waals surface area contributed by atoms with Crippen molar-refractivity contribution in [2.24, 2.45) is 0 Å². The Labute approximate surface area is 177 Å². The monoisotopic (exact) mass is 424 g/mol. The second-order valence-electron chi connectivity index (χ2n) is 6.93. The van der Waals surface area contributed by atoms with Crippen LogP contribution in [0.5, 0.6) is 0 Å². The van der Waals surface area contributed by atoms with Crippen LogP contribution in [0.3, 0.4) is 0 Å². The molecule has 0 fully saturated rings. The number of hydrogen-bond donors (Lipinski definition) is 3. The van der Waals surface area contributed by atoms with Crippen molar-refractivity contribution in [1.82, 2.24) is 0 Å². The molecule has 3 N–H and O–H groups in total. The molecule has 2 aromatic carbocycles. The second-order valence-corrected chi connectivity index (χ2v) is 6.93. The maximum Gasteiger partial charge on any atom is 0.336 e. The predicted octanol–water partition coefficient (Wildman–Crippen LogP) is 2.75. The highest BCUT2D eigenvalue weighted by atomic mass is 16.5. The number of esters is 1. The Morgan fingerprint density at radius 1 is 1.03 bits per heavy atom. The smallest absolute Gasteiger partial charge is 0.336 e. The van der Waals surface area contributed by atoms with Crippen LogP contribution in [0.4, 0.5) is 11.4 Å². The molecule has 1 atom stereocenters. The fourth-order valence-electron chi connectivity index (χ4n) is 3.30. The lowest BCUT2D eigenvalue weighted by Gasteiger charge is -2.32. The number of hydrogen-bond acceptors (Lipinski definition) is 6. The number of nitrogens with one attached hydrogen (secondary N) is 1. The number of rotatable bonds is 7. The molecule has 31 heavy (non-hydrogen) atoms. The molecule has 0 saturated heterocycles. The Bertz CT molecular complexity index is 1110. The number of carbonyl (C=O) groups is 4. The van der Waals surface area contributed by atoms with Crippen molar-refractivity contribution < 1.29 is 34.1 Å². The average molecular weight is 424 g/mol. The number of anilines is 2. The molecule has 0 saturated carbocycles. The predicted molar refractivity (Wildman–Crippen MR) is 111 cm³/mol. The molecule has 0 radical (unpaired) electrons. The minimum atomic E-state index is -1.54. The van der Waals surface area contributed by atoms with E-state index in [0.29, 0.717) is 5.69 Å². The standard InChI is InChI=1S/C22H20N2O7/c1-3-31-21(30)22(2)12-17(23-15-8-4-6-13(10-15)19(26)27)18(25)24(22)16-9-5-7-14(11-16)20(28)29/h4-12,23H,3H2,1-2H3,(H,26,27)(H,28,29). The van der Waals surface area contributed by atoms with Crippen molar-refractivity contribution in [3.63, 3.8) is 0 Å². The van der Waals surface area contributed by atoms with Crippen molar-refractivity contribution in [3.05, 3.63) is 71.4 Å². The highest BCUT2D eigenvalue weighted by Gasteiger charge is 2.49. The van der Waals surface area contributed by atoms with Crippen LogP contribution in [0.1, 0.15) is 34.6 Å². The van der Waals surface area contributed by atoms with E-state index in [2.05, 4.69) is 5.32 Å². The summed E-state index contributed by atoms with van der Waals surface area (Å²) in [6.07, 6.45) is 1.38. The number of ether oxygens (including phenoxy) is 1. The zero-order valence-electron chi connectivity index (χ0n) is 16.8. The molecule has 0 bridgehead atoms. The highest BCUT2D eigenvalue weighted by Crippen LogP contribution is 2.35. The first-order valence-corrected chi connectivity index (χ1v) is 9.35. The molecule has 0 aromatic heterocycles. The molecule has 0 spiro atoms. The number of carbonyl (C=O) groups excluding carboxylic acids is 2. The Morgan fingerprint density at radius 2 is 1.65 bits per heavy atom. The number of benzene rings is 2. The highest BCUT2D eigenvalue weighted by molar-refractivity contribution is 6.17. The summed E-state index contributed by atoms with van der Waals surface area (Å²) in [4.78, 5) is 49.8. The van der Waals surface area contributed by atoms with Crippen LogP contribution < -0.4 is 10.2 Å². The van der Waals surface area contributed by atoms with E-state index in [0.717, 1.165) is 4.90 Å². The Kier molecular flexibility index (Phi) is 5.78. The van der Waals surface area contributed by atoms with Gasteiger partial charge in [0.2, 0.25) is 0 Å². The molecule has 1 amide bonds. The third kappa shape index (κ3) is 4.11. The molecule has 160 valence electrons. The maximum absolute atomic E-state index is 13.3. The van der Waals surface area contributed by atoms with Gasteiger partial charge in [-0.1, -0.05) is 12.1 Å². The molecular formula is C22H20N2O7. The molecule has 9 nitrogen and oxygen atoms in total. The first kappa shape index (κ1) is 21.6. The van der Waals surface area contributed by atoms with Gasteiger partial charge in [0.15, 0.2) is 5.54 Å². The Balaban J connectivity index is 2.04. The van der Waals surface area contributed by atoms with Gasteiger partial charge in [0.05, 0.1) is 17.7 Å². The Hall–Kier alpha value is -4.14. The summed E-state index contributed by atoms with van der Waals surface area (Å²) >= 11 is 0. The molecule has 1 unspecified atom stereocenters. The third-order valence-corrected chi connectivity index (χ3v) is 4.75. The summed E-state index contributed by atoms with van der Waals surface area (Å²) in [5, 5.41) is 21.3. The van der Waals surface area contributed by atoms with Gasteiger partial charge in [-0.05, 0) is 56.3 Å². The number of amides is 1. The first-order valence-electron chi connectivity index (χ1n) is 9.35. The van der Waals surface area contributed by atoms with Gasteiger partial charge in [0.1, 0.15) is 5.70 Å². The summed E-state index contributed by atoms with van der Waals surface area (Å²) in [5.41, 5.74) is -1.00. The summed E-state index contributed by atoms with van der Waals surface area (Å²) < 4.78 is 5.16. The van der Waals surface area contributed by atoms with E-state index in [9.17, 15) is 29.4 Å². The lowest BCUT2D eigenvalue weighted by Crippen LogP contribution is -2.51. The topological polar surface area (TPSA) is 133 Å². The van der Waals surface area contributed by atoms with Gasteiger partial charge in [-0.3, -0.25) is 9.69 Å². The van der Waals surface area contributed by atoms with E-state index in [4.69, 9.17) is 4.74 Å². The van der Waals surface area contributed by atoms with E-state index in [1.165, 1.54) is 55.5 Å². The van der Waals surface area contributed by atoms with Crippen molar-refractivity contribution >= 4 is 35.2 Å². The summed E-state index contributed by atoms with van der Waals surface area (Å²) in [7, 11) is 0. The minimum Gasteiger partial charge on any atom is -0.478 e. The zero-order chi connectivity index (χ0) is 22.8. The molecule has 9 heteroatoms. The summed E-state index contributed by atoms with van der Waals surface area (Å²) in [6, 6.07) is 11.5. The van der Waals surface area contributed by atoms with Crippen molar-refractivity contribution in [2.75, 3.05) is 16.8 Å². The summed E-state index contributed by atoms with van der Waals surface area (Å²) in [6.45, 7) is 3.20. The van der Waals surface area contributed by atoms with Crippen LogP contribution in [0.15, 0.2) is 60.3 Å². The average Bonchev–Trinajstić information content (AvgIpc) is 2.99. The Morgan fingerprint density at radius 3 is 2.26 bits per heavy atom. The van der Waals surface area contributed by atoms with Gasteiger partial charge in [-0.15, -0.1) is 0 Å². The third-order valence-electron chi connectivity index (χ3n) is 4.75.